The molecule has 0 radical (unpaired) electrons. The molecule has 0 rings (SSSR count). The van der Waals surface area contributed by atoms with Crippen LogP contribution in [0.5, 0.6) is 0 Å². The van der Waals surface area contributed by atoms with Gasteiger partial charge in [0.25, 0.3) is 0 Å². The van der Waals surface area contributed by atoms with Crippen molar-refractivity contribution < 1.29 is 9.53 Å². The molecule has 0 aromatic carbocycles. The summed E-state index contributed by atoms with van der Waals surface area (Å²) in [7, 11) is 1.34. The molecule has 4 nitrogen and oxygen atoms in total. The highest BCUT2D eigenvalue weighted by Crippen LogP contribution is 1.86. The number of amides is 1. The molecule has 0 aromatic heterocycles. The SMILES string of the molecule is C=C(CNC(=O)OC)NCCCC. The van der Waals surface area contributed by atoms with Crippen molar-refractivity contribution in [3.05, 3.63) is 12.3 Å². The Morgan fingerprint density at radius 3 is 2.69 bits per heavy atom. The van der Waals surface area contributed by atoms with Crippen LogP contribution in [0.3, 0.4) is 0 Å². The number of nitrogens with one attached hydrogen (secondary N) is 2. The Morgan fingerprint density at radius 1 is 1.46 bits per heavy atom. The van der Waals surface area contributed by atoms with Gasteiger partial charge < -0.3 is 15.4 Å². The van der Waals surface area contributed by atoms with Crippen LogP contribution in [0.25, 0.3) is 0 Å². The van der Waals surface area contributed by atoms with Gasteiger partial charge in [-0.25, -0.2) is 4.79 Å². The second-order valence-electron chi connectivity index (χ2n) is 2.73. The van der Waals surface area contributed by atoms with Crippen molar-refractivity contribution in [3.63, 3.8) is 0 Å². The molecular formula is C9H18N2O2. The summed E-state index contributed by atoms with van der Waals surface area (Å²) in [4.78, 5) is 10.6. The number of unbranched alkanes of at least 4 members (excludes halogenated alkanes) is 1. The highest BCUT2D eigenvalue weighted by molar-refractivity contribution is 5.67. The fourth-order valence-electron chi connectivity index (χ4n) is 0.755. The van der Waals surface area contributed by atoms with Crippen molar-refractivity contribution in [1.82, 2.24) is 10.6 Å². The molecule has 0 aliphatic heterocycles. The number of ether oxygens (including phenoxy) is 1. The average Bonchev–Trinajstić information content (AvgIpc) is 2.14. The zero-order valence-corrected chi connectivity index (χ0v) is 8.35. The second-order valence-corrected chi connectivity index (χ2v) is 2.73. The molecule has 0 aliphatic rings. The minimum Gasteiger partial charge on any atom is -0.453 e. The Bertz CT molecular complexity index is 169. The molecule has 0 unspecified atom stereocenters. The van der Waals surface area contributed by atoms with Crippen LogP contribution < -0.4 is 10.6 Å². The first kappa shape index (κ1) is 11.8. The van der Waals surface area contributed by atoms with Crippen LogP contribution in [0.4, 0.5) is 4.79 Å². The zero-order chi connectivity index (χ0) is 10.1. The number of hydrogen-bond acceptors (Lipinski definition) is 3. The van der Waals surface area contributed by atoms with Gasteiger partial charge in [0, 0.05) is 12.2 Å². The zero-order valence-electron chi connectivity index (χ0n) is 8.35. The van der Waals surface area contributed by atoms with Crippen molar-refractivity contribution in [2.75, 3.05) is 20.2 Å². The number of hydrogen-bond donors (Lipinski definition) is 2. The Balaban J connectivity index is 3.35. The Labute approximate surface area is 79.3 Å². The lowest BCUT2D eigenvalue weighted by molar-refractivity contribution is 0.172. The first-order valence-electron chi connectivity index (χ1n) is 4.44. The fourth-order valence-corrected chi connectivity index (χ4v) is 0.755. The van der Waals surface area contributed by atoms with Crippen molar-refractivity contribution in [2.24, 2.45) is 0 Å². The third kappa shape index (κ3) is 7.18. The summed E-state index contributed by atoms with van der Waals surface area (Å²) in [5.41, 5.74) is 0.804. The highest BCUT2D eigenvalue weighted by Gasteiger charge is 1.98. The summed E-state index contributed by atoms with van der Waals surface area (Å²) >= 11 is 0. The van der Waals surface area contributed by atoms with E-state index >= 15 is 0 Å². The van der Waals surface area contributed by atoms with E-state index < -0.39 is 6.09 Å². The van der Waals surface area contributed by atoms with Gasteiger partial charge in [-0.1, -0.05) is 19.9 Å². The van der Waals surface area contributed by atoms with E-state index in [0.717, 1.165) is 25.1 Å². The van der Waals surface area contributed by atoms with E-state index in [1.165, 1.54) is 7.11 Å². The van der Waals surface area contributed by atoms with Crippen LogP contribution in [-0.2, 0) is 4.74 Å². The summed E-state index contributed by atoms with van der Waals surface area (Å²) in [6, 6.07) is 0. The maximum Gasteiger partial charge on any atom is 0.407 e. The largest absolute Gasteiger partial charge is 0.453 e. The summed E-state index contributed by atoms with van der Waals surface area (Å²) in [6.45, 7) is 7.19. The lowest BCUT2D eigenvalue weighted by atomic mass is 10.3. The van der Waals surface area contributed by atoms with Crippen molar-refractivity contribution >= 4 is 6.09 Å². The van der Waals surface area contributed by atoms with E-state index in [0.29, 0.717) is 6.54 Å². The number of alkyl carbamates (subject to hydrolysis) is 1. The Morgan fingerprint density at radius 2 is 2.15 bits per heavy atom. The van der Waals surface area contributed by atoms with Crippen LogP contribution in [0.15, 0.2) is 12.3 Å². The van der Waals surface area contributed by atoms with Crippen LogP contribution in [0.1, 0.15) is 19.8 Å². The Hall–Kier alpha value is -1.19. The molecule has 0 aliphatic carbocycles. The summed E-state index contributed by atoms with van der Waals surface area (Å²) in [5.74, 6) is 0. The van der Waals surface area contributed by atoms with Crippen LogP contribution in [0.2, 0.25) is 0 Å². The normalized spacial score (nSPS) is 9.08. The first-order chi connectivity index (χ1) is 6.20. The molecule has 0 fully saturated rings. The summed E-state index contributed by atoms with van der Waals surface area (Å²) in [5, 5.41) is 5.63. The molecule has 0 saturated heterocycles. The third-order valence-electron chi connectivity index (χ3n) is 1.54. The fraction of sp³-hybridized carbons (Fsp3) is 0.667. The van der Waals surface area contributed by atoms with Crippen molar-refractivity contribution in [2.45, 2.75) is 19.8 Å². The molecule has 76 valence electrons. The van der Waals surface area contributed by atoms with Gasteiger partial charge in [0.05, 0.1) is 13.7 Å². The van der Waals surface area contributed by atoms with Crippen LogP contribution >= 0.6 is 0 Å². The predicted molar refractivity (Wildman–Crippen MR) is 52.5 cm³/mol. The molecular weight excluding hydrogens is 168 g/mol. The number of carbonyl (C=O) groups is 1. The van der Waals surface area contributed by atoms with Gasteiger partial charge in [0.2, 0.25) is 0 Å². The minimum absolute atomic E-state index is 0.413. The molecule has 0 aromatic rings. The maximum absolute atomic E-state index is 10.6. The van der Waals surface area contributed by atoms with Crippen molar-refractivity contribution in [1.29, 1.82) is 0 Å². The minimum atomic E-state index is -0.432. The molecule has 0 bridgehead atoms. The summed E-state index contributed by atoms with van der Waals surface area (Å²) < 4.78 is 4.41. The van der Waals surface area contributed by atoms with E-state index in [-0.39, 0.29) is 0 Å². The molecule has 1 amide bonds. The molecule has 0 atom stereocenters. The second kappa shape index (κ2) is 7.46. The number of methoxy groups -OCH3 is 1. The third-order valence-corrected chi connectivity index (χ3v) is 1.54. The van der Waals surface area contributed by atoms with Crippen LogP contribution in [0, 0.1) is 0 Å². The highest BCUT2D eigenvalue weighted by atomic mass is 16.5. The van der Waals surface area contributed by atoms with E-state index in [1.807, 2.05) is 0 Å². The van der Waals surface area contributed by atoms with Gasteiger partial charge in [-0.05, 0) is 6.42 Å². The quantitative estimate of drug-likeness (QED) is 0.614. The van der Waals surface area contributed by atoms with Gasteiger partial charge in [0.15, 0.2) is 0 Å². The average molecular weight is 186 g/mol. The lowest BCUT2D eigenvalue weighted by Gasteiger charge is -2.09. The summed E-state index contributed by atoms with van der Waals surface area (Å²) in [6.07, 6.45) is 1.82. The predicted octanol–water partition coefficient (Wildman–Crippen LogP) is 1.25. The molecule has 4 heteroatoms. The van der Waals surface area contributed by atoms with E-state index in [9.17, 15) is 4.79 Å². The number of carbonyl (C=O) groups excluding carboxylic acids is 1. The maximum atomic E-state index is 10.6. The first-order valence-corrected chi connectivity index (χ1v) is 4.44. The van der Waals surface area contributed by atoms with Gasteiger partial charge in [-0.3, -0.25) is 0 Å². The van der Waals surface area contributed by atoms with Crippen LogP contribution in [-0.4, -0.2) is 26.3 Å². The molecule has 0 saturated carbocycles. The van der Waals surface area contributed by atoms with E-state index in [1.54, 1.807) is 0 Å². The molecule has 13 heavy (non-hydrogen) atoms. The molecule has 2 N–H and O–H groups in total. The standard InChI is InChI=1S/C9H18N2O2/c1-4-5-6-10-8(2)7-11-9(12)13-3/h10H,2,4-7H2,1,3H3,(H,11,12). The topological polar surface area (TPSA) is 50.4 Å². The molecule has 0 heterocycles. The lowest BCUT2D eigenvalue weighted by Crippen LogP contribution is -2.29. The molecule has 0 spiro atoms. The van der Waals surface area contributed by atoms with E-state index in [2.05, 4.69) is 28.9 Å². The smallest absolute Gasteiger partial charge is 0.407 e. The van der Waals surface area contributed by atoms with Gasteiger partial charge in [-0.2, -0.15) is 0 Å². The van der Waals surface area contributed by atoms with E-state index in [4.69, 9.17) is 0 Å². The van der Waals surface area contributed by atoms with Gasteiger partial charge >= 0.3 is 6.09 Å². The Kier molecular flexibility index (Phi) is 6.78. The van der Waals surface area contributed by atoms with Gasteiger partial charge in [0.1, 0.15) is 0 Å². The van der Waals surface area contributed by atoms with Gasteiger partial charge in [-0.15, -0.1) is 0 Å². The van der Waals surface area contributed by atoms with Crippen molar-refractivity contribution in [3.8, 4) is 0 Å². The monoisotopic (exact) mass is 186 g/mol. The number of rotatable bonds is 6.